The van der Waals surface area contributed by atoms with Crippen molar-refractivity contribution in [1.82, 2.24) is 9.97 Å². The highest BCUT2D eigenvalue weighted by Gasteiger charge is 2.06. The van der Waals surface area contributed by atoms with Gasteiger partial charge < -0.3 is 10.6 Å². The van der Waals surface area contributed by atoms with E-state index in [4.69, 9.17) is 23.2 Å². The van der Waals surface area contributed by atoms with Crippen LogP contribution in [0.4, 0.5) is 11.4 Å². The van der Waals surface area contributed by atoms with Crippen LogP contribution in [0.5, 0.6) is 0 Å². The van der Waals surface area contributed by atoms with Gasteiger partial charge in [0.05, 0.1) is 11.0 Å². The summed E-state index contributed by atoms with van der Waals surface area (Å²) in [6.45, 7) is 5.91. The van der Waals surface area contributed by atoms with Crippen molar-refractivity contribution in [2.45, 2.75) is 39.5 Å². The summed E-state index contributed by atoms with van der Waals surface area (Å²) in [6.07, 6.45) is 4.60. The van der Waals surface area contributed by atoms with Gasteiger partial charge in [-0.3, -0.25) is 9.97 Å². The van der Waals surface area contributed by atoms with Crippen LogP contribution in [0, 0.1) is 13.8 Å². The zero-order chi connectivity index (χ0) is 22.5. The Morgan fingerprint density at radius 3 is 1.48 bits per heavy atom. The number of nitrogens with one attached hydrogen (secondary N) is 2. The first-order valence-corrected chi connectivity index (χ1v) is 11.9. The fourth-order valence-electron chi connectivity index (χ4n) is 4.00. The Morgan fingerprint density at radius 1 is 0.636 bits per heavy atom. The number of anilines is 2. The molecule has 2 heterocycles. The molecule has 0 aliphatic carbocycles. The van der Waals surface area contributed by atoms with Crippen molar-refractivity contribution in [2.24, 2.45) is 0 Å². The third-order valence-electron chi connectivity index (χ3n) is 5.53. The Hall–Kier alpha value is -2.27. The molecule has 2 aromatic carbocycles. The largest absolute Gasteiger partial charge is 0.384 e. The average molecular weight is 504 g/mol. The second-order valence-electron chi connectivity index (χ2n) is 8.21. The zero-order valence-electron chi connectivity index (χ0n) is 18.9. The third kappa shape index (κ3) is 6.63. The molecule has 0 spiro atoms. The number of aromatic nitrogens is 2. The lowest BCUT2D eigenvalue weighted by molar-refractivity contribution is 0.671. The minimum absolute atomic E-state index is 0. The Balaban J connectivity index is 0.00000306. The molecule has 4 rings (SSSR count). The lowest BCUT2D eigenvalue weighted by Crippen LogP contribution is -2.05. The van der Waals surface area contributed by atoms with E-state index < -0.39 is 0 Å². The Kier molecular flexibility index (Phi) is 9.02. The number of unbranched alkanes of at least 4 members (excludes halogenated alkanes) is 3. The number of rotatable bonds is 9. The molecule has 0 bridgehead atoms. The van der Waals surface area contributed by atoms with E-state index in [9.17, 15) is 0 Å². The summed E-state index contributed by atoms with van der Waals surface area (Å²) in [5.41, 5.74) is 6.18. The van der Waals surface area contributed by atoms with Crippen LogP contribution in [0.15, 0.2) is 48.5 Å². The molecule has 174 valence electrons. The number of hydrogen-bond acceptors (Lipinski definition) is 4. The molecular weight excluding hydrogens is 475 g/mol. The van der Waals surface area contributed by atoms with Crippen molar-refractivity contribution in [2.75, 3.05) is 23.7 Å². The van der Waals surface area contributed by atoms with Gasteiger partial charge in [0.2, 0.25) is 0 Å². The lowest BCUT2D eigenvalue weighted by Gasteiger charge is -2.12. The maximum atomic E-state index is 6.18. The van der Waals surface area contributed by atoms with Gasteiger partial charge in [-0.15, -0.1) is 12.4 Å². The normalized spacial score (nSPS) is 10.9. The number of halogens is 3. The third-order valence-corrected chi connectivity index (χ3v) is 6.00. The van der Waals surface area contributed by atoms with E-state index in [1.807, 2.05) is 50.2 Å². The monoisotopic (exact) mass is 502 g/mol. The van der Waals surface area contributed by atoms with Gasteiger partial charge in [-0.25, -0.2) is 0 Å². The summed E-state index contributed by atoms with van der Waals surface area (Å²) in [7, 11) is 0. The summed E-state index contributed by atoms with van der Waals surface area (Å²) < 4.78 is 0. The highest BCUT2D eigenvalue weighted by Crippen LogP contribution is 2.27. The quantitative estimate of drug-likeness (QED) is 0.226. The fourth-order valence-corrected chi connectivity index (χ4v) is 4.35. The van der Waals surface area contributed by atoms with Gasteiger partial charge in [0.25, 0.3) is 0 Å². The molecule has 0 fully saturated rings. The molecule has 0 radical (unpaired) electrons. The molecule has 2 aromatic heterocycles. The Labute approximate surface area is 211 Å². The maximum Gasteiger partial charge on any atom is 0.0726 e. The molecule has 0 atom stereocenters. The molecule has 33 heavy (non-hydrogen) atoms. The standard InChI is InChI=1S/C26H28Cl2N4.ClH/c1-17-13-25(21-15-19(27)7-9-23(21)31-17)29-11-5-3-4-6-12-30-26-14-18(2)32-24-10-8-20(28)16-22(24)26;/h7-10,13-16H,3-6,11-12H2,1-2H3,(H,29,31)(H,30,32);1H. The minimum atomic E-state index is 0. The van der Waals surface area contributed by atoms with E-state index in [1.165, 1.54) is 12.8 Å². The first kappa shape index (κ1) is 25.4. The predicted molar refractivity (Wildman–Crippen MR) is 146 cm³/mol. The van der Waals surface area contributed by atoms with Crippen molar-refractivity contribution in [3.63, 3.8) is 0 Å². The van der Waals surface area contributed by atoms with Gasteiger partial charge in [0.1, 0.15) is 0 Å². The van der Waals surface area contributed by atoms with Gasteiger partial charge in [-0.2, -0.15) is 0 Å². The molecule has 0 aliphatic heterocycles. The van der Waals surface area contributed by atoms with Crippen LogP contribution in [-0.2, 0) is 0 Å². The number of nitrogens with zero attached hydrogens (tertiary/aromatic N) is 2. The van der Waals surface area contributed by atoms with Crippen molar-refractivity contribution >= 4 is 68.8 Å². The van der Waals surface area contributed by atoms with Crippen molar-refractivity contribution in [3.05, 3.63) is 70.0 Å². The molecule has 4 aromatic rings. The highest BCUT2D eigenvalue weighted by molar-refractivity contribution is 6.31. The van der Waals surface area contributed by atoms with Crippen LogP contribution >= 0.6 is 35.6 Å². The molecular formula is C26H29Cl3N4. The highest BCUT2D eigenvalue weighted by atomic mass is 35.5. The summed E-state index contributed by atoms with van der Waals surface area (Å²) >= 11 is 12.4. The topological polar surface area (TPSA) is 49.8 Å². The first-order chi connectivity index (χ1) is 15.5. The van der Waals surface area contributed by atoms with Crippen LogP contribution < -0.4 is 10.6 Å². The molecule has 0 saturated carbocycles. The van der Waals surface area contributed by atoms with Gasteiger partial charge in [-0.1, -0.05) is 36.0 Å². The number of pyridine rings is 2. The van der Waals surface area contributed by atoms with E-state index >= 15 is 0 Å². The van der Waals surface area contributed by atoms with Gasteiger partial charge in [0, 0.05) is 56.7 Å². The van der Waals surface area contributed by atoms with Crippen molar-refractivity contribution < 1.29 is 0 Å². The molecule has 7 heteroatoms. The van der Waals surface area contributed by atoms with Crippen molar-refractivity contribution in [1.29, 1.82) is 0 Å². The molecule has 2 N–H and O–H groups in total. The Bertz CT molecular complexity index is 1150. The molecule has 0 saturated heterocycles. The van der Waals surface area contributed by atoms with Gasteiger partial charge >= 0.3 is 0 Å². The van der Waals surface area contributed by atoms with E-state index in [-0.39, 0.29) is 12.4 Å². The van der Waals surface area contributed by atoms with Crippen LogP contribution in [0.25, 0.3) is 21.8 Å². The zero-order valence-corrected chi connectivity index (χ0v) is 21.2. The van der Waals surface area contributed by atoms with Crippen LogP contribution in [0.1, 0.15) is 37.1 Å². The summed E-state index contributed by atoms with van der Waals surface area (Å²) in [6, 6.07) is 15.9. The molecule has 0 unspecified atom stereocenters. The lowest BCUT2D eigenvalue weighted by atomic mass is 10.1. The van der Waals surface area contributed by atoms with Crippen LogP contribution in [0.2, 0.25) is 10.0 Å². The second kappa shape index (κ2) is 11.7. The van der Waals surface area contributed by atoms with E-state index in [2.05, 4.69) is 32.7 Å². The number of fused-ring (bicyclic) bond motifs is 2. The first-order valence-electron chi connectivity index (χ1n) is 11.1. The second-order valence-corrected chi connectivity index (χ2v) is 9.09. The number of aryl methyl sites for hydroxylation is 2. The van der Waals surface area contributed by atoms with Gasteiger partial charge in [0.15, 0.2) is 0 Å². The SMILES string of the molecule is Cc1cc(NCCCCCCNc2cc(C)nc3ccc(Cl)cc23)c2cc(Cl)ccc2n1.Cl. The summed E-state index contributed by atoms with van der Waals surface area (Å²) in [4.78, 5) is 9.19. The van der Waals surface area contributed by atoms with E-state index in [0.29, 0.717) is 0 Å². The molecule has 0 aliphatic rings. The smallest absolute Gasteiger partial charge is 0.0726 e. The fraction of sp³-hybridized carbons (Fsp3) is 0.308. The average Bonchev–Trinajstić information content (AvgIpc) is 2.76. The molecule has 0 amide bonds. The predicted octanol–water partition coefficient (Wildman–Crippen LogP) is 8.21. The van der Waals surface area contributed by atoms with Crippen molar-refractivity contribution in [3.8, 4) is 0 Å². The van der Waals surface area contributed by atoms with Crippen LogP contribution in [0.3, 0.4) is 0 Å². The van der Waals surface area contributed by atoms with Gasteiger partial charge in [-0.05, 0) is 75.2 Å². The Morgan fingerprint density at radius 2 is 1.06 bits per heavy atom. The maximum absolute atomic E-state index is 6.18. The minimum Gasteiger partial charge on any atom is -0.384 e. The van der Waals surface area contributed by atoms with E-state index in [0.717, 1.165) is 80.5 Å². The number of hydrogen-bond donors (Lipinski definition) is 2. The van der Waals surface area contributed by atoms with Crippen LogP contribution in [-0.4, -0.2) is 23.1 Å². The summed E-state index contributed by atoms with van der Waals surface area (Å²) in [5, 5.41) is 10.8. The number of benzene rings is 2. The summed E-state index contributed by atoms with van der Waals surface area (Å²) in [5.74, 6) is 0. The molecule has 4 nitrogen and oxygen atoms in total. The van der Waals surface area contributed by atoms with E-state index in [1.54, 1.807) is 0 Å².